The highest BCUT2D eigenvalue weighted by molar-refractivity contribution is 6.25. The maximum Gasteiger partial charge on any atom is 0.161 e. The summed E-state index contributed by atoms with van der Waals surface area (Å²) >= 11 is 0. The fraction of sp³-hybridized carbons (Fsp3) is 0.0222. The normalized spacial score (nSPS) is 13.3. The van der Waals surface area contributed by atoms with Gasteiger partial charge in [-0.25, -0.2) is 9.98 Å². The van der Waals surface area contributed by atoms with E-state index >= 15 is 0 Å². The van der Waals surface area contributed by atoms with E-state index in [0.717, 1.165) is 61.2 Å². The number of rotatable bonds is 5. The minimum absolute atomic E-state index is 0.655. The van der Waals surface area contributed by atoms with Gasteiger partial charge in [-0.05, 0) is 62.9 Å². The number of aliphatic imine (C=N–C) groups is 2. The van der Waals surface area contributed by atoms with Gasteiger partial charge in [-0.2, -0.15) is 0 Å². The molecule has 226 valence electrons. The van der Waals surface area contributed by atoms with Crippen molar-refractivity contribution in [2.45, 2.75) is 6.42 Å². The Kier molecular flexibility index (Phi) is 6.87. The molecule has 1 aliphatic rings. The van der Waals surface area contributed by atoms with E-state index in [1.807, 2.05) is 24.3 Å². The molecule has 0 spiro atoms. The molecular formula is C45H30N2O. The third-order valence-corrected chi connectivity index (χ3v) is 9.18. The zero-order valence-electron chi connectivity index (χ0n) is 26.2. The van der Waals surface area contributed by atoms with Crippen molar-refractivity contribution >= 4 is 50.0 Å². The molecule has 0 amide bonds. The summed E-state index contributed by atoms with van der Waals surface area (Å²) in [6, 6.07) is 57.2. The summed E-state index contributed by atoms with van der Waals surface area (Å²) in [5, 5.41) is 4.45. The van der Waals surface area contributed by atoms with Crippen LogP contribution in [-0.2, 0) is 0 Å². The second kappa shape index (κ2) is 11.8. The third kappa shape index (κ3) is 5.03. The SMILES string of the molecule is C1=C(c2ccc3ccccc3c2)N=C(c2c(-c3ccc(-c4ccccc4)cc3)ccc3oc4ccccc4c23)N=C(c2ccccc2)C1. The predicted octanol–water partition coefficient (Wildman–Crippen LogP) is 11.8. The number of benzene rings is 7. The van der Waals surface area contributed by atoms with E-state index in [1.165, 1.54) is 21.9 Å². The van der Waals surface area contributed by atoms with E-state index in [9.17, 15) is 0 Å². The summed E-state index contributed by atoms with van der Waals surface area (Å²) in [5.74, 6) is 0.671. The first-order valence-electron chi connectivity index (χ1n) is 16.3. The Morgan fingerprint density at radius 2 is 1.10 bits per heavy atom. The number of nitrogens with zero attached hydrogens (tertiary/aromatic N) is 2. The molecule has 0 N–H and O–H groups in total. The molecule has 0 atom stereocenters. The molecule has 0 unspecified atom stereocenters. The molecule has 8 aromatic rings. The Morgan fingerprint density at radius 3 is 1.92 bits per heavy atom. The topological polar surface area (TPSA) is 37.9 Å². The number of para-hydroxylation sites is 1. The van der Waals surface area contributed by atoms with E-state index in [2.05, 4.69) is 146 Å². The van der Waals surface area contributed by atoms with Gasteiger partial charge in [0.2, 0.25) is 0 Å². The van der Waals surface area contributed by atoms with Crippen LogP contribution in [0.2, 0.25) is 0 Å². The Bertz CT molecular complexity index is 2560. The van der Waals surface area contributed by atoms with Gasteiger partial charge in [0.1, 0.15) is 11.2 Å². The number of amidine groups is 1. The van der Waals surface area contributed by atoms with Crippen molar-refractivity contribution in [3.63, 3.8) is 0 Å². The van der Waals surface area contributed by atoms with Gasteiger partial charge < -0.3 is 4.42 Å². The van der Waals surface area contributed by atoms with Crippen LogP contribution in [0.25, 0.3) is 60.7 Å². The van der Waals surface area contributed by atoms with Crippen molar-refractivity contribution in [1.82, 2.24) is 0 Å². The number of hydrogen-bond donors (Lipinski definition) is 0. The highest BCUT2D eigenvalue weighted by atomic mass is 16.3. The molecular weight excluding hydrogens is 585 g/mol. The summed E-state index contributed by atoms with van der Waals surface area (Å²) in [4.78, 5) is 10.8. The molecule has 0 aliphatic carbocycles. The third-order valence-electron chi connectivity index (χ3n) is 9.18. The van der Waals surface area contributed by atoms with Crippen LogP contribution in [0.5, 0.6) is 0 Å². The molecule has 3 nitrogen and oxygen atoms in total. The van der Waals surface area contributed by atoms with E-state index < -0.39 is 0 Å². The van der Waals surface area contributed by atoms with Crippen LogP contribution in [0, 0.1) is 0 Å². The zero-order valence-corrected chi connectivity index (χ0v) is 26.2. The molecule has 1 aromatic heterocycles. The van der Waals surface area contributed by atoms with Crippen LogP contribution in [0.4, 0.5) is 0 Å². The molecule has 0 saturated heterocycles. The van der Waals surface area contributed by atoms with Crippen molar-refractivity contribution in [3.05, 3.63) is 187 Å². The summed E-state index contributed by atoms with van der Waals surface area (Å²) in [5.41, 5.74) is 11.2. The van der Waals surface area contributed by atoms with Gasteiger partial charge in [0.15, 0.2) is 5.84 Å². The average molecular weight is 615 g/mol. The summed E-state index contributed by atoms with van der Waals surface area (Å²) < 4.78 is 6.44. The van der Waals surface area contributed by atoms with Crippen molar-refractivity contribution in [3.8, 4) is 22.3 Å². The number of hydrogen-bond acceptors (Lipinski definition) is 3. The van der Waals surface area contributed by atoms with Crippen molar-refractivity contribution in [1.29, 1.82) is 0 Å². The van der Waals surface area contributed by atoms with Crippen LogP contribution in [0.3, 0.4) is 0 Å². The lowest BCUT2D eigenvalue weighted by atomic mass is 9.93. The molecule has 0 fully saturated rings. The van der Waals surface area contributed by atoms with Crippen LogP contribution in [0.15, 0.2) is 184 Å². The summed E-state index contributed by atoms with van der Waals surface area (Å²) in [7, 11) is 0. The zero-order chi connectivity index (χ0) is 31.9. The van der Waals surface area contributed by atoms with Crippen molar-refractivity contribution < 1.29 is 4.42 Å². The quantitative estimate of drug-likeness (QED) is 0.190. The first kappa shape index (κ1) is 27.9. The van der Waals surface area contributed by atoms with E-state index in [0.29, 0.717) is 12.3 Å². The summed E-state index contributed by atoms with van der Waals surface area (Å²) in [6.45, 7) is 0. The van der Waals surface area contributed by atoms with Crippen molar-refractivity contribution in [2.75, 3.05) is 0 Å². The standard InChI is InChI=1S/C45H30N2O/c1-3-11-30(12-4-1)32-19-22-33(23-20-32)37-25-28-42-43(38-17-9-10-18-41(38)48-42)44(37)45-46-39(34-14-5-2-6-15-34)26-27-40(47-45)36-24-21-31-13-7-8-16-35(31)29-36/h1-25,27-29H,26H2. The van der Waals surface area contributed by atoms with Crippen LogP contribution in [0.1, 0.15) is 23.1 Å². The fourth-order valence-electron chi connectivity index (χ4n) is 6.77. The Labute approximate surface area is 278 Å². The van der Waals surface area contributed by atoms with E-state index in [4.69, 9.17) is 14.4 Å². The molecule has 2 heterocycles. The average Bonchev–Trinajstić information content (AvgIpc) is 3.39. The highest BCUT2D eigenvalue weighted by Crippen LogP contribution is 2.39. The minimum Gasteiger partial charge on any atom is -0.456 e. The van der Waals surface area contributed by atoms with Gasteiger partial charge in [-0.15, -0.1) is 0 Å². The van der Waals surface area contributed by atoms with E-state index in [1.54, 1.807) is 0 Å². The lowest BCUT2D eigenvalue weighted by Crippen LogP contribution is -2.07. The van der Waals surface area contributed by atoms with Gasteiger partial charge in [-0.3, -0.25) is 0 Å². The molecule has 9 rings (SSSR count). The second-order valence-corrected chi connectivity index (χ2v) is 12.1. The van der Waals surface area contributed by atoms with Crippen molar-refractivity contribution in [2.24, 2.45) is 9.98 Å². The second-order valence-electron chi connectivity index (χ2n) is 12.1. The minimum atomic E-state index is 0.655. The number of fused-ring (bicyclic) bond motifs is 4. The van der Waals surface area contributed by atoms with Gasteiger partial charge in [0.05, 0.1) is 11.4 Å². The van der Waals surface area contributed by atoms with E-state index in [-0.39, 0.29) is 0 Å². The molecule has 1 aliphatic heterocycles. The maximum absolute atomic E-state index is 6.44. The smallest absolute Gasteiger partial charge is 0.161 e. The fourth-order valence-corrected chi connectivity index (χ4v) is 6.77. The molecule has 0 saturated carbocycles. The monoisotopic (exact) mass is 614 g/mol. The largest absolute Gasteiger partial charge is 0.456 e. The first-order valence-corrected chi connectivity index (χ1v) is 16.3. The predicted molar refractivity (Wildman–Crippen MR) is 201 cm³/mol. The molecule has 0 bridgehead atoms. The summed E-state index contributed by atoms with van der Waals surface area (Å²) in [6.07, 6.45) is 2.87. The molecule has 7 aromatic carbocycles. The van der Waals surface area contributed by atoms with Crippen LogP contribution in [-0.4, -0.2) is 11.5 Å². The van der Waals surface area contributed by atoms with Gasteiger partial charge in [-0.1, -0.05) is 146 Å². The molecule has 48 heavy (non-hydrogen) atoms. The Morgan fingerprint density at radius 1 is 0.458 bits per heavy atom. The van der Waals surface area contributed by atoms with Crippen LogP contribution < -0.4 is 0 Å². The number of furan rings is 1. The molecule has 0 radical (unpaired) electrons. The van der Waals surface area contributed by atoms with Gasteiger partial charge >= 0.3 is 0 Å². The lowest BCUT2D eigenvalue weighted by molar-refractivity contribution is 0.669. The van der Waals surface area contributed by atoms with Crippen LogP contribution >= 0.6 is 0 Å². The highest BCUT2D eigenvalue weighted by Gasteiger charge is 2.23. The first-order chi connectivity index (χ1) is 23.8. The molecule has 3 heteroatoms. The number of allylic oxidation sites excluding steroid dienone is 1. The Balaban J connectivity index is 1.30. The van der Waals surface area contributed by atoms with Gasteiger partial charge in [0, 0.05) is 28.3 Å². The Hall–Kier alpha value is -6.32. The van der Waals surface area contributed by atoms with Gasteiger partial charge in [0.25, 0.3) is 0 Å². The maximum atomic E-state index is 6.44. The lowest BCUT2D eigenvalue weighted by Gasteiger charge is -2.14.